The summed E-state index contributed by atoms with van der Waals surface area (Å²) in [5, 5.41) is 5.23. The number of fused-ring (bicyclic) bond motifs is 10. The molecule has 9 aromatic rings. The molecule has 0 amide bonds. The van der Waals surface area contributed by atoms with Crippen LogP contribution in [0.15, 0.2) is 170 Å². The summed E-state index contributed by atoms with van der Waals surface area (Å²) in [7, 11) is 0. The average molecular weight is 713 g/mol. The van der Waals surface area contributed by atoms with E-state index < -0.39 is 0 Å². The summed E-state index contributed by atoms with van der Waals surface area (Å²) in [5.41, 5.74) is 24.1. The maximum atomic E-state index is 2.51. The molecule has 0 atom stereocenters. The molecule has 0 fully saturated rings. The fraction of sp³-hybridized carbons (Fsp3) is 0.107. The molecule has 0 aliphatic heterocycles. The molecule has 12 rings (SSSR count). The first-order chi connectivity index (χ1) is 27.3. The van der Waals surface area contributed by atoms with Crippen molar-refractivity contribution in [1.82, 2.24) is 0 Å². The van der Waals surface area contributed by atoms with Crippen LogP contribution < -0.4 is 0 Å². The van der Waals surface area contributed by atoms with Gasteiger partial charge in [-0.3, -0.25) is 0 Å². The average Bonchev–Trinajstić information content (AvgIpc) is 3.77. The van der Waals surface area contributed by atoms with Crippen LogP contribution >= 0.6 is 0 Å². The van der Waals surface area contributed by atoms with E-state index in [-0.39, 0.29) is 10.8 Å². The molecule has 0 spiro atoms. The van der Waals surface area contributed by atoms with Gasteiger partial charge in [0.2, 0.25) is 0 Å². The summed E-state index contributed by atoms with van der Waals surface area (Å²) in [4.78, 5) is 0. The summed E-state index contributed by atoms with van der Waals surface area (Å²) < 4.78 is 0. The Kier molecular flexibility index (Phi) is 6.28. The maximum Gasteiger partial charge on any atom is 0.0159 e. The second-order valence-electron chi connectivity index (χ2n) is 17.2. The summed E-state index contributed by atoms with van der Waals surface area (Å²) in [6, 6.07) is 64.2. The lowest BCUT2D eigenvalue weighted by Gasteiger charge is -2.24. The Bertz CT molecular complexity index is 3150. The molecule has 0 saturated heterocycles. The van der Waals surface area contributed by atoms with Crippen molar-refractivity contribution in [3.63, 3.8) is 0 Å². The molecular formula is C56H40. The van der Waals surface area contributed by atoms with Crippen molar-refractivity contribution in [1.29, 1.82) is 0 Å². The van der Waals surface area contributed by atoms with Gasteiger partial charge in [0.15, 0.2) is 0 Å². The molecule has 9 aromatic carbocycles. The molecule has 0 N–H and O–H groups in total. The van der Waals surface area contributed by atoms with Crippen molar-refractivity contribution < 1.29 is 0 Å². The standard InChI is InChI=1S/C56H40/c1-55(2)46-23-11-10-18-38(46)44-31-49-45(32-48(44)55)39-29-28-37(30-47(39)56(49,3)4)33-24-26-36(27-25-33)52-41-20-9-8-19-40(41)51(35-14-6-5-7-15-35)53-42-21-12-16-34-17-13-22-43(50(34)42)54(52)53/h5-32H,1-4H3. The molecule has 0 unspecified atom stereocenters. The fourth-order valence-electron chi connectivity index (χ4n) is 10.9. The molecule has 0 aromatic heterocycles. The largest absolute Gasteiger partial charge is 0.0622 e. The lowest BCUT2D eigenvalue weighted by molar-refractivity contribution is 0.652. The third-order valence-corrected chi connectivity index (χ3v) is 13.6. The van der Waals surface area contributed by atoms with Gasteiger partial charge >= 0.3 is 0 Å². The Labute approximate surface area is 328 Å². The van der Waals surface area contributed by atoms with E-state index in [2.05, 4.69) is 198 Å². The van der Waals surface area contributed by atoms with E-state index in [4.69, 9.17) is 0 Å². The van der Waals surface area contributed by atoms with Crippen molar-refractivity contribution in [2.24, 2.45) is 0 Å². The van der Waals surface area contributed by atoms with Gasteiger partial charge in [-0.1, -0.05) is 179 Å². The quantitative estimate of drug-likeness (QED) is 0.171. The van der Waals surface area contributed by atoms with Crippen LogP contribution in [-0.2, 0) is 10.8 Å². The minimum Gasteiger partial charge on any atom is -0.0622 e. The first kappa shape index (κ1) is 31.8. The highest BCUT2D eigenvalue weighted by Gasteiger charge is 2.41. The molecule has 3 aliphatic carbocycles. The van der Waals surface area contributed by atoms with Crippen LogP contribution in [0.5, 0.6) is 0 Å². The van der Waals surface area contributed by atoms with Crippen molar-refractivity contribution in [3.05, 3.63) is 192 Å². The zero-order valence-corrected chi connectivity index (χ0v) is 32.2. The Morgan fingerprint density at radius 2 is 0.750 bits per heavy atom. The van der Waals surface area contributed by atoms with Crippen LogP contribution in [0.4, 0.5) is 0 Å². The molecule has 0 heterocycles. The first-order valence-corrected chi connectivity index (χ1v) is 20.0. The highest BCUT2D eigenvalue weighted by atomic mass is 14.4. The van der Waals surface area contributed by atoms with Crippen LogP contribution in [0, 0.1) is 0 Å². The summed E-state index contributed by atoms with van der Waals surface area (Å²) >= 11 is 0. The maximum absolute atomic E-state index is 2.51. The molecule has 0 bridgehead atoms. The van der Waals surface area contributed by atoms with Gasteiger partial charge in [0.1, 0.15) is 0 Å². The molecular weight excluding hydrogens is 673 g/mol. The van der Waals surface area contributed by atoms with Gasteiger partial charge in [-0.15, -0.1) is 0 Å². The molecule has 0 saturated carbocycles. The topological polar surface area (TPSA) is 0 Å². The first-order valence-electron chi connectivity index (χ1n) is 20.0. The zero-order chi connectivity index (χ0) is 37.5. The van der Waals surface area contributed by atoms with Gasteiger partial charge in [0.05, 0.1) is 0 Å². The van der Waals surface area contributed by atoms with E-state index in [1.54, 1.807) is 0 Å². The van der Waals surface area contributed by atoms with Gasteiger partial charge in [-0.25, -0.2) is 0 Å². The Hall–Kier alpha value is -6.50. The molecule has 3 aliphatic rings. The Balaban J connectivity index is 1.01. The van der Waals surface area contributed by atoms with E-state index in [1.807, 2.05) is 0 Å². The number of hydrogen-bond acceptors (Lipinski definition) is 0. The SMILES string of the molecule is CC1(C)c2ccccc2-c2cc3c(cc21)-c1ccc(-c2ccc(-c4c5c(c(-c6ccccc6)c6ccccc46)-c4cccc6cccc-5c46)cc2)cc1C3(C)C. The van der Waals surface area contributed by atoms with E-state index in [9.17, 15) is 0 Å². The van der Waals surface area contributed by atoms with E-state index in [0.717, 1.165) is 0 Å². The summed E-state index contributed by atoms with van der Waals surface area (Å²) in [5.74, 6) is 0. The van der Waals surface area contributed by atoms with Gasteiger partial charge in [-0.05, 0) is 140 Å². The highest BCUT2D eigenvalue weighted by Crippen LogP contribution is 2.59. The third-order valence-electron chi connectivity index (χ3n) is 13.6. The summed E-state index contributed by atoms with van der Waals surface area (Å²) in [6.45, 7) is 9.58. The van der Waals surface area contributed by atoms with E-state index >= 15 is 0 Å². The van der Waals surface area contributed by atoms with Crippen LogP contribution in [0.25, 0.3) is 99.4 Å². The van der Waals surface area contributed by atoms with Crippen LogP contribution in [0.1, 0.15) is 49.9 Å². The third kappa shape index (κ3) is 4.09. The summed E-state index contributed by atoms with van der Waals surface area (Å²) in [6.07, 6.45) is 0. The molecule has 0 nitrogen and oxygen atoms in total. The smallest absolute Gasteiger partial charge is 0.0159 e. The molecule has 56 heavy (non-hydrogen) atoms. The minimum absolute atomic E-state index is 0.0157. The number of hydrogen-bond donors (Lipinski definition) is 0. The predicted molar refractivity (Wildman–Crippen MR) is 237 cm³/mol. The van der Waals surface area contributed by atoms with Crippen molar-refractivity contribution in [3.8, 4) is 77.9 Å². The van der Waals surface area contributed by atoms with Gasteiger partial charge in [0.25, 0.3) is 0 Å². The number of benzene rings is 9. The minimum atomic E-state index is -0.104. The van der Waals surface area contributed by atoms with Crippen molar-refractivity contribution >= 4 is 21.5 Å². The molecule has 0 heteroatoms. The second kappa shape index (κ2) is 11.1. The predicted octanol–water partition coefficient (Wildman–Crippen LogP) is 15.3. The van der Waals surface area contributed by atoms with E-state index in [1.165, 1.54) is 122 Å². The Morgan fingerprint density at radius 1 is 0.286 bits per heavy atom. The van der Waals surface area contributed by atoms with Crippen LogP contribution in [0.2, 0.25) is 0 Å². The zero-order valence-electron chi connectivity index (χ0n) is 32.2. The molecule has 264 valence electrons. The van der Waals surface area contributed by atoms with E-state index in [0.29, 0.717) is 0 Å². The Morgan fingerprint density at radius 3 is 1.39 bits per heavy atom. The monoisotopic (exact) mass is 712 g/mol. The van der Waals surface area contributed by atoms with Crippen molar-refractivity contribution in [2.45, 2.75) is 38.5 Å². The van der Waals surface area contributed by atoms with Gasteiger partial charge < -0.3 is 0 Å². The van der Waals surface area contributed by atoms with Crippen LogP contribution in [-0.4, -0.2) is 0 Å². The second-order valence-corrected chi connectivity index (χ2v) is 17.2. The van der Waals surface area contributed by atoms with Gasteiger partial charge in [-0.2, -0.15) is 0 Å². The lowest BCUT2D eigenvalue weighted by atomic mass is 9.79. The lowest BCUT2D eigenvalue weighted by Crippen LogP contribution is -2.17. The normalized spacial score (nSPS) is 14.7. The van der Waals surface area contributed by atoms with Crippen molar-refractivity contribution in [2.75, 3.05) is 0 Å². The molecule has 0 radical (unpaired) electrons. The fourth-order valence-corrected chi connectivity index (χ4v) is 10.9. The number of rotatable bonds is 3. The van der Waals surface area contributed by atoms with Gasteiger partial charge in [0, 0.05) is 10.8 Å². The highest BCUT2D eigenvalue weighted by molar-refractivity contribution is 6.27. The van der Waals surface area contributed by atoms with Crippen LogP contribution in [0.3, 0.4) is 0 Å².